The lowest BCUT2D eigenvalue weighted by molar-refractivity contribution is 0.0661. The molecule has 21 heavy (non-hydrogen) atoms. The lowest BCUT2D eigenvalue weighted by Crippen LogP contribution is -2.43. The fourth-order valence-corrected chi connectivity index (χ4v) is 2.87. The first kappa shape index (κ1) is 15.8. The second-order valence-corrected chi connectivity index (χ2v) is 6.03. The Balaban J connectivity index is 2.17. The van der Waals surface area contributed by atoms with Crippen LogP contribution >= 0.6 is 0 Å². The number of nitrogens with zero attached hydrogens (tertiary/aromatic N) is 4. The molecule has 0 radical (unpaired) electrons. The largest absolute Gasteiger partial charge is 0.396 e. The third kappa shape index (κ3) is 3.75. The molecule has 2 N–H and O–H groups in total. The third-order valence-corrected chi connectivity index (χ3v) is 4.13. The Bertz CT molecular complexity index is 476. The van der Waals surface area contributed by atoms with Crippen molar-refractivity contribution in [1.82, 2.24) is 19.6 Å². The minimum absolute atomic E-state index is 0.0200. The van der Waals surface area contributed by atoms with Crippen LogP contribution in [0.3, 0.4) is 0 Å². The first-order valence-corrected chi connectivity index (χ1v) is 7.81. The first-order chi connectivity index (χ1) is 10.0. The van der Waals surface area contributed by atoms with Gasteiger partial charge in [-0.05, 0) is 33.9 Å². The highest BCUT2D eigenvalue weighted by atomic mass is 16.2. The average Bonchev–Trinajstić information content (AvgIpc) is 3.07. The second kappa shape index (κ2) is 6.93. The van der Waals surface area contributed by atoms with Crippen LogP contribution in [0.25, 0.3) is 0 Å². The van der Waals surface area contributed by atoms with Crippen molar-refractivity contribution in [2.24, 2.45) is 0 Å². The molecule has 0 bridgehead atoms. The minimum atomic E-state index is -0.0200. The average molecular weight is 293 g/mol. The Morgan fingerprint density at radius 3 is 2.57 bits per heavy atom. The van der Waals surface area contributed by atoms with Crippen molar-refractivity contribution in [2.45, 2.75) is 45.2 Å². The summed E-state index contributed by atoms with van der Waals surface area (Å²) >= 11 is 0. The van der Waals surface area contributed by atoms with Crippen molar-refractivity contribution in [2.75, 3.05) is 32.9 Å². The van der Waals surface area contributed by atoms with Crippen LogP contribution in [0, 0.1) is 0 Å². The van der Waals surface area contributed by atoms with Gasteiger partial charge in [-0.2, -0.15) is 5.10 Å². The summed E-state index contributed by atoms with van der Waals surface area (Å²) in [5.41, 5.74) is 6.86. The molecule has 1 aromatic rings. The van der Waals surface area contributed by atoms with E-state index in [-0.39, 0.29) is 5.91 Å². The normalized spacial score (nSPS) is 15.8. The molecule has 1 aliphatic carbocycles. The van der Waals surface area contributed by atoms with E-state index >= 15 is 0 Å². The number of hydrogen-bond acceptors (Lipinski definition) is 4. The number of rotatable bonds is 6. The van der Waals surface area contributed by atoms with E-state index in [9.17, 15) is 4.79 Å². The molecule has 6 heteroatoms. The van der Waals surface area contributed by atoms with E-state index in [1.165, 1.54) is 12.8 Å². The van der Waals surface area contributed by atoms with Gasteiger partial charge in [-0.1, -0.05) is 12.8 Å². The number of carbonyl (C=O) groups excluding carboxylic acids is 1. The predicted molar refractivity (Wildman–Crippen MR) is 84.2 cm³/mol. The number of hydrogen-bond donors (Lipinski definition) is 1. The molecule has 1 aromatic heterocycles. The maximum atomic E-state index is 12.8. The van der Waals surface area contributed by atoms with Crippen LogP contribution in [0.5, 0.6) is 0 Å². The lowest BCUT2D eigenvalue weighted by atomic mass is 10.2. The number of carbonyl (C=O) groups is 1. The SMILES string of the molecule is CCn1cc(N)c(C(=O)N(CCN(C)C)C2CCCC2)n1. The summed E-state index contributed by atoms with van der Waals surface area (Å²) in [4.78, 5) is 16.9. The molecule has 6 nitrogen and oxygen atoms in total. The zero-order chi connectivity index (χ0) is 15.4. The van der Waals surface area contributed by atoms with Gasteiger partial charge in [0.2, 0.25) is 0 Å². The molecular formula is C15H27N5O. The molecule has 1 saturated carbocycles. The van der Waals surface area contributed by atoms with E-state index in [1.54, 1.807) is 10.9 Å². The monoisotopic (exact) mass is 293 g/mol. The van der Waals surface area contributed by atoms with Crippen LogP contribution in [0.1, 0.15) is 43.1 Å². The Morgan fingerprint density at radius 1 is 1.38 bits per heavy atom. The summed E-state index contributed by atoms with van der Waals surface area (Å²) in [6.07, 6.45) is 6.33. The molecule has 118 valence electrons. The van der Waals surface area contributed by atoms with Gasteiger partial charge in [-0.15, -0.1) is 0 Å². The van der Waals surface area contributed by atoms with E-state index in [0.717, 1.165) is 32.5 Å². The molecule has 1 aliphatic rings. The Labute approximate surface area is 126 Å². The predicted octanol–water partition coefficient (Wildman–Crippen LogP) is 1.43. The Hall–Kier alpha value is -1.56. The highest BCUT2D eigenvalue weighted by Gasteiger charge is 2.29. The molecule has 0 saturated heterocycles. The molecule has 1 fully saturated rings. The van der Waals surface area contributed by atoms with Crippen molar-refractivity contribution >= 4 is 11.6 Å². The van der Waals surface area contributed by atoms with Gasteiger partial charge in [-0.3, -0.25) is 9.48 Å². The summed E-state index contributed by atoms with van der Waals surface area (Å²) < 4.78 is 1.72. The molecule has 0 aromatic carbocycles. The number of aromatic nitrogens is 2. The van der Waals surface area contributed by atoms with Gasteiger partial charge in [0.15, 0.2) is 5.69 Å². The maximum absolute atomic E-state index is 12.8. The van der Waals surface area contributed by atoms with Gasteiger partial charge in [0.25, 0.3) is 5.91 Å². The van der Waals surface area contributed by atoms with Gasteiger partial charge in [0.1, 0.15) is 0 Å². The highest BCUT2D eigenvalue weighted by molar-refractivity contribution is 5.97. The summed E-state index contributed by atoms with van der Waals surface area (Å²) in [5, 5.41) is 4.33. The number of aryl methyl sites for hydroxylation is 1. The summed E-state index contributed by atoms with van der Waals surface area (Å²) in [6, 6.07) is 0.337. The smallest absolute Gasteiger partial charge is 0.276 e. The van der Waals surface area contributed by atoms with Gasteiger partial charge in [-0.25, -0.2) is 0 Å². The van der Waals surface area contributed by atoms with Crippen LogP contribution in [0.15, 0.2) is 6.20 Å². The molecule has 1 amide bonds. The van der Waals surface area contributed by atoms with E-state index in [0.29, 0.717) is 17.4 Å². The van der Waals surface area contributed by atoms with Gasteiger partial charge in [0, 0.05) is 31.9 Å². The Morgan fingerprint density at radius 2 is 2.05 bits per heavy atom. The fourth-order valence-electron chi connectivity index (χ4n) is 2.87. The molecule has 1 heterocycles. The molecule has 0 aliphatic heterocycles. The minimum Gasteiger partial charge on any atom is -0.396 e. The van der Waals surface area contributed by atoms with Crippen LogP contribution in [0.2, 0.25) is 0 Å². The summed E-state index contributed by atoms with van der Waals surface area (Å²) in [6.45, 7) is 4.30. The number of nitrogens with two attached hydrogens (primary N) is 1. The maximum Gasteiger partial charge on any atom is 0.276 e. The van der Waals surface area contributed by atoms with Crippen LogP contribution < -0.4 is 5.73 Å². The molecule has 2 rings (SSSR count). The van der Waals surface area contributed by atoms with Gasteiger partial charge >= 0.3 is 0 Å². The van der Waals surface area contributed by atoms with Crippen molar-refractivity contribution in [1.29, 1.82) is 0 Å². The Kier molecular flexibility index (Phi) is 5.22. The second-order valence-electron chi connectivity index (χ2n) is 6.03. The van der Waals surface area contributed by atoms with E-state index in [4.69, 9.17) is 5.73 Å². The summed E-state index contributed by atoms with van der Waals surface area (Å²) in [7, 11) is 4.05. The number of likely N-dealkylation sites (N-methyl/N-ethyl adjacent to an activating group) is 1. The number of anilines is 1. The number of amides is 1. The molecular weight excluding hydrogens is 266 g/mol. The molecule has 0 unspecified atom stereocenters. The summed E-state index contributed by atoms with van der Waals surface area (Å²) in [5.74, 6) is -0.0200. The lowest BCUT2D eigenvalue weighted by Gasteiger charge is -2.29. The van der Waals surface area contributed by atoms with Crippen molar-refractivity contribution in [3.63, 3.8) is 0 Å². The first-order valence-electron chi connectivity index (χ1n) is 7.81. The topological polar surface area (TPSA) is 67.4 Å². The van der Waals surface area contributed by atoms with E-state index in [2.05, 4.69) is 10.00 Å². The molecule has 0 atom stereocenters. The standard InChI is InChI=1S/C15H27N5O/c1-4-19-11-13(16)14(17-19)15(21)20(10-9-18(2)3)12-7-5-6-8-12/h11-12H,4-10,16H2,1-3H3. The van der Waals surface area contributed by atoms with Gasteiger partial charge < -0.3 is 15.5 Å². The van der Waals surface area contributed by atoms with Crippen molar-refractivity contribution < 1.29 is 4.79 Å². The quantitative estimate of drug-likeness (QED) is 0.861. The van der Waals surface area contributed by atoms with Gasteiger partial charge in [0.05, 0.1) is 5.69 Å². The number of nitrogen functional groups attached to an aromatic ring is 1. The zero-order valence-corrected chi connectivity index (χ0v) is 13.4. The van der Waals surface area contributed by atoms with Crippen LogP contribution in [-0.2, 0) is 6.54 Å². The van der Waals surface area contributed by atoms with Crippen molar-refractivity contribution in [3.05, 3.63) is 11.9 Å². The highest BCUT2D eigenvalue weighted by Crippen LogP contribution is 2.25. The fraction of sp³-hybridized carbons (Fsp3) is 0.733. The third-order valence-electron chi connectivity index (χ3n) is 4.13. The van der Waals surface area contributed by atoms with E-state index in [1.807, 2.05) is 25.9 Å². The molecule has 0 spiro atoms. The van der Waals surface area contributed by atoms with E-state index < -0.39 is 0 Å². The van der Waals surface area contributed by atoms with Crippen LogP contribution in [-0.4, -0.2) is 58.7 Å². The van der Waals surface area contributed by atoms with Crippen molar-refractivity contribution in [3.8, 4) is 0 Å². The van der Waals surface area contributed by atoms with Crippen LogP contribution in [0.4, 0.5) is 5.69 Å². The zero-order valence-electron chi connectivity index (χ0n) is 13.4.